The topological polar surface area (TPSA) is 66.0 Å². The number of hydrogen-bond donors (Lipinski definition) is 3. The number of halogens is 1. The van der Waals surface area contributed by atoms with Crippen LogP contribution in [0.25, 0.3) is 6.08 Å². The fourth-order valence-corrected chi connectivity index (χ4v) is 3.28. The van der Waals surface area contributed by atoms with Crippen LogP contribution in [0.15, 0.2) is 35.7 Å². The summed E-state index contributed by atoms with van der Waals surface area (Å²) in [6, 6.07) is 7.69. The van der Waals surface area contributed by atoms with Gasteiger partial charge in [-0.1, -0.05) is 23.7 Å². The van der Waals surface area contributed by atoms with E-state index in [1.807, 2.05) is 36.6 Å². The first-order valence-electron chi connectivity index (χ1n) is 7.26. The van der Waals surface area contributed by atoms with Gasteiger partial charge in [-0.25, -0.2) is 10.4 Å². The molecule has 1 saturated heterocycles. The van der Waals surface area contributed by atoms with Crippen molar-refractivity contribution >= 4 is 34.9 Å². The molecule has 1 fully saturated rings. The molecule has 2 unspecified atom stereocenters. The first-order chi connectivity index (χ1) is 11.1. The van der Waals surface area contributed by atoms with Crippen LogP contribution in [0.3, 0.4) is 0 Å². The van der Waals surface area contributed by atoms with Gasteiger partial charge in [0.1, 0.15) is 6.17 Å². The third kappa shape index (κ3) is 4.17. The molecule has 0 spiro atoms. The van der Waals surface area contributed by atoms with Gasteiger partial charge < -0.3 is 5.32 Å². The van der Waals surface area contributed by atoms with Gasteiger partial charge in [-0.2, -0.15) is 0 Å². The highest BCUT2D eigenvalue weighted by Gasteiger charge is 2.29. The van der Waals surface area contributed by atoms with Crippen LogP contribution in [0.2, 0.25) is 5.02 Å². The smallest absolute Gasteiger partial charge is 0.245 e. The van der Waals surface area contributed by atoms with Crippen molar-refractivity contribution in [1.82, 2.24) is 21.2 Å². The highest BCUT2D eigenvalue weighted by atomic mass is 35.5. The minimum atomic E-state index is -0.192. The van der Waals surface area contributed by atoms with E-state index in [2.05, 4.69) is 21.2 Å². The molecule has 2 heterocycles. The number of hydrazine groups is 1. The molecule has 120 valence electrons. The van der Waals surface area contributed by atoms with Gasteiger partial charge in [-0.3, -0.25) is 10.2 Å². The molecule has 3 N–H and O–H groups in total. The quantitative estimate of drug-likeness (QED) is 0.742. The zero-order chi connectivity index (χ0) is 16.2. The Morgan fingerprint density at radius 2 is 2.39 bits per heavy atom. The molecule has 1 aromatic carbocycles. The lowest BCUT2D eigenvalue weighted by atomic mass is 9.97. The van der Waals surface area contributed by atoms with E-state index in [4.69, 9.17) is 11.6 Å². The third-order valence-corrected chi connectivity index (χ3v) is 4.63. The molecular formula is C16H17ClN4OS. The first-order valence-corrected chi connectivity index (χ1v) is 8.52. The van der Waals surface area contributed by atoms with E-state index in [1.165, 1.54) is 6.08 Å². The van der Waals surface area contributed by atoms with Gasteiger partial charge in [-0.15, -0.1) is 11.3 Å². The highest BCUT2D eigenvalue weighted by Crippen LogP contribution is 2.23. The van der Waals surface area contributed by atoms with Gasteiger partial charge >= 0.3 is 0 Å². The van der Waals surface area contributed by atoms with Crippen LogP contribution in [0.5, 0.6) is 0 Å². The molecular weight excluding hydrogens is 332 g/mol. The summed E-state index contributed by atoms with van der Waals surface area (Å²) in [4.78, 5) is 16.4. The van der Waals surface area contributed by atoms with E-state index in [1.54, 1.807) is 17.4 Å². The summed E-state index contributed by atoms with van der Waals surface area (Å²) in [6.07, 6.45) is 3.03. The number of aromatic nitrogens is 1. The van der Waals surface area contributed by atoms with Gasteiger partial charge in [0.2, 0.25) is 5.91 Å². The Bertz CT molecular complexity index is 730. The largest absolute Gasteiger partial charge is 0.335 e. The normalized spacial score (nSPS) is 21.0. The lowest BCUT2D eigenvalue weighted by Gasteiger charge is -2.19. The maximum atomic E-state index is 12.1. The van der Waals surface area contributed by atoms with Crippen molar-refractivity contribution in [2.45, 2.75) is 19.0 Å². The monoisotopic (exact) mass is 348 g/mol. The third-order valence-electron chi connectivity index (χ3n) is 3.60. The number of rotatable bonds is 4. The number of aryl methyl sites for hydroxylation is 1. The Morgan fingerprint density at radius 1 is 1.52 bits per heavy atom. The van der Waals surface area contributed by atoms with Crippen molar-refractivity contribution in [3.05, 3.63) is 57.0 Å². The molecule has 2 aromatic rings. The molecule has 2 atom stereocenters. The van der Waals surface area contributed by atoms with Crippen LogP contribution < -0.4 is 16.2 Å². The molecule has 5 nitrogen and oxygen atoms in total. The summed E-state index contributed by atoms with van der Waals surface area (Å²) in [5.41, 5.74) is 8.05. The number of carbonyl (C=O) groups is 1. The van der Waals surface area contributed by atoms with Crippen molar-refractivity contribution in [1.29, 1.82) is 0 Å². The molecule has 0 aliphatic carbocycles. The summed E-state index contributed by atoms with van der Waals surface area (Å²) in [6.45, 7) is 2.66. The van der Waals surface area contributed by atoms with Crippen molar-refractivity contribution in [3.63, 3.8) is 0 Å². The molecule has 3 rings (SSSR count). The number of carbonyl (C=O) groups excluding carboxylic acids is 1. The fraction of sp³-hybridized carbons (Fsp3) is 0.250. The van der Waals surface area contributed by atoms with E-state index in [-0.39, 0.29) is 18.0 Å². The minimum Gasteiger partial charge on any atom is -0.335 e. The molecule has 1 amide bonds. The number of hydrogen-bond acceptors (Lipinski definition) is 5. The Hall–Kier alpha value is -1.73. The lowest BCUT2D eigenvalue weighted by Crippen LogP contribution is -2.45. The summed E-state index contributed by atoms with van der Waals surface area (Å²) >= 11 is 7.61. The molecule has 7 heteroatoms. The second kappa shape index (κ2) is 7.23. The summed E-state index contributed by atoms with van der Waals surface area (Å²) in [7, 11) is 0. The first kappa shape index (κ1) is 16.1. The predicted molar refractivity (Wildman–Crippen MR) is 93.1 cm³/mol. The van der Waals surface area contributed by atoms with Gasteiger partial charge in [-0.05, 0) is 30.7 Å². The molecule has 1 aromatic heterocycles. The maximum absolute atomic E-state index is 12.1. The average Bonchev–Trinajstić information content (AvgIpc) is 3.14. The van der Waals surface area contributed by atoms with Crippen molar-refractivity contribution in [3.8, 4) is 0 Å². The minimum absolute atomic E-state index is 0.118. The highest BCUT2D eigenvalue weighted by molar-refractivity contribution is 7.09. The zero-order valence-corrected chi connectivity index (χ0v) is 14.1. The molecule has 0 radical (unpaired) electrons. The van der Waals surface area contributed by atoms with E-state index in [9.17, 15) is 4.79 Å². The van der Waals surface area contributed by atoms with E-state index in [0.717, 1.165) is 22.8 Å². The van der Waals surface area contributed by atoms with Crippen LogP contribution in [0.4, 0.5) is 0 Å². The lowest BCUT2D eigenvalue weighted by molar-refractivity contribution is -0.117. The standard InChI is InChI=1S/C16H17ClN4OS/c1-10-19-13(9-23-10)5-6-15(22)20-16-14(8-18-21-16)11-3-2-4-12(17)7-11/h2-7,9,14,16,18,21H,8H2,1H3,(H,20,22)/b6-5+. The van der Waals surface area contributed by atoms with Gasteiger partial charge in [0.25, 0.3) is 0 Å². The second-order valence-electron chi connectivity index (χ2n) is 5.30. The van der Waals surface area contributed by atoms with E-state index < -0.39 is 0 Å². The number of amides is 1. The van der Waals surface area contributed by atoms with Gasteiger partial charge in [0, 0.05) is 28.9 Å². The maximum Gasteiger partial charge on any atom is 0.245 e. The van der Waals surface area contributed by atoms with Crippen LogP contribution in [-0.2, 0) is 4.79 Å². The summed E-state index contributed by atoms with van der Waals surface area (Å²) in [5, 5.41) is 6.55. The molecule has 0 saturated carbocycles. The molecule has 1 aliphatic heterocycles. The van der Waals surface area contributed by atoms with Crippen molar-refractivity contribution < 1.29 is 4.79 Å². The Labute approximate surface area is 143 Å². The SMILES string of the molecule is Cc1nc(/C=C/C(=O)NC2NNCC2c2cccc(Cl)c2)cs1. The van der Waals surface area contributed by atoms with Crippen LogP contribution in [0.1, 0.15) is 22.2 Å². The predicted octanol–water partition coefficient (Wildman–Crippen LogP) is 2.45. The second-order valence-corrected chi connectivity index (χ2v) is 6.80. The molecule has 23 heavy (non-hydrogen) atoms. The number of nitrogens with one attached hydrogen (secondary N) is 3. The fourth-order valence-electron chi connectivity index (χ4n) is 2.50. The van der Waals surface area contributed by atoms with E-state index in [0.29, 0.717) is 5.02 Å². The van der Waals surface area contributed by atoms with Crippen LogP contribution in [-0.4, -0.2) is 23.6 Å². The Balaban J connectivity index is 1.64. The zero-order valence-electron chi connectivity index (χ0n) is 12.5. The van der Waals surface area contributed by atoms with Crippen molar-refractivity contribution in [2.75, 3.05) is 6.54 Å². The summed E-state index contributed by atoms with van der Waals surface area (Å²) in [5.74, 6) is -0.0450. The van der Waals surface area contributed by atoms with Gasteiger partial charge in [0.15, 0.2) is 0 Å². The number of nitrogens with zero attached hydrogens (tertiary/aromatic N) is 1. The van der Waals surface area contributed by atoms with Crippen LogP contribution >= 0.6 is 22.9 Å². The summed E-state index contributed by atoms with van der Waals surface area (Å²) < 4.78 is 0. The van der Waals surface area contributed by atoms with E-state index >= 15 is 0 Å². The Kier molecular flexibility index (Phi) is 5.07. The number of benzene rings is 1. The Morgan fingerprint density at radius 3 is 3.13 bits per heavy atom. The number of thiazole rings is 1. The van der Waals surface area contributed by atoms with Crippen LogP contribution in [0, 0.1) is 6.92 Å². The van der Waals surface area contributed by atoms with Crippen molar-refractivity contribution in [2.24, 2.45) is 0 Å². The van der Waals surface area contributed by atoms with Gasteiger partial charge in [0.05, 0.1) is 10.7 Å². The molecule has 0 bridgehead atoms. The molecule has 1 aliphatic rings. The average molecular weight is 349 g/mol.